The molecule has 16 heavy (non-hydrogen) atoms. The predicted octanol–water partition coefficient (Wildman–Crippen LogP) is 3.12. The molecule has 0 unspecified atom stereocenters. The maximum absolute atomic E-state index is 5.40. The average molecular weight is 225 g/mol. The third kappa shape index (κ3) is 3.74. The Labute approximate surface area is 100 Å². The molecule has 0 aromatic rings. The Hall–Kier alpha value is -0.0800. The van der Waals surface area contributed by atoms with Gasteiger partial charge >= 0.3 is 0 Å². The normalized spacial score (nSPS) is 27.6. The van der Waals surface area contributed by atoms with Crippen molar-refractivity contribution in [3.8, 4) is 0 Å². The molecule has 1 saturated carbocycles. The number of hydrogen-bond donors (Lipinski definition) is 1. The van der Waals surface area contributed by atoms with E-state index in [0.717, 1.165) is 13.2 Å². The summed E-state index contributed by atoms with van der Waals surface area (Å²) < 4.78 is 5.40. The zero-order valence-corrected chi connectivity index (χ0v) is 10.8. The van der Waals surface area contributed by atoms with E-state index in [4.69, 9.17) is 4.74 Å². The second kappa shape index (κ2) is 6.02. The molecule has 94 valence electrons. The predicted molar refractivity (Wildman–Crippen MR) is 67.7 cm³/mol. The summed E-state index contributed by atoms with van der Waals surface area (Å²) >= 11 is 0. The molecule has 0 aromatic heterocycles. The highest BCUT2D eigenvalue weighted by Gasteiger charge is 2.26. The first kappa shape index (κ1) is 12.4. The molecule has 0 atom stereocenters. The summed E-state index contributed by atoms with van der Waals surface area (Å²) in [5, 5.41) is 3.78. The maximum Gasteiger partial charge on any atom is 0.0480 e. The summed E-state index contributed by atoms with van der Waals surface area (Å²) in [6, 6.07) is 0.717. The lowest BCUT2D eigenvalue weighted by atomic mass is 9.82. The van der Waals surface area contributed by atoms with Gasteiger partial charge in [0.25, 0.3) is 0 Å². The standard InChI is InChI=1S/C14H27NO/c1-14(8-4-2-3-5-9-14)12-15-13-6-10-16-11-7-13/h13,15H,2-12H2,1H3. The third-order valence-electron chi connectivity index (χ3n) is 4.35. The Morgan fingerprint density at radius 3 is 2.31 bits per heavy atom. The fourth-order valence-electron chi connectivity index (χ4n) is 3.05. The van der Waals surface area contributed by atoms with Gasteiger partial charge in [-0.05, 0) is 31.1 Å². The minimum Gasteiger partial charge on any atom is -0.381 e. The molecule has 2 aliphatic rings. The van der Waals surface area contributed by atoms with Crippen molar-refractivity contribution in [2.75, 3.05) is 19.8 Å². The van der Waals surface area contributed by atoms with Crippen LogP contribution in [0.3, 0.4) is 0 Å². The third-order valence-corrected chi connectivity index (χ3v) is 4.35. The molecule has 2 nitrogen and oxygen atoms in total. The van der Waals surface area contributed by atoms with Crippen LogP contribution in [0.1, 0.15) is 58.3 Å². The van der Waals surface area contributed by atoms with Crippen molar-refractivity contribution in [3.63, 3.8) is 0 Å². The van der Waals surface area contributed by atoms with Crippen LogP contribution in [0.4, 0.5) is 0 Å². The lowest BCUT2D eigenvalue weighted by molar-refractivity contribution is 0.0738. The van der Waals surface area contributed by atoms with Gasteiger partial charge in [0.2, 0.25) is 0 Å². The van der Waals surface area contributed by atoms with Crippen LogP contribution in [-0.2, 0) is 4.74 Å². The van der Waals surface area contributed by atoms with E-state index in [1.165, 1.54) is 57.9 Å². The molecule has 1 aliphatic heterocycles. The van der Waals surface area contributed by atoms with Crippen LogP contribution in [0.2, 0.25) is 0 Å². The molecule has 1 N–H and O–H groups in total. The van der Waals surface area contributed by atoms with E-state index in [9.17, 15) is 0 Å². The summed E-state index contributed by atoms with van der Waals surface area (Å²) in [6.07, 6.45) is 11.0. The first-order valence-corrected chi connectivity index (χ1v) is 7.10. The van der Waals surface area contributed by atoms with Crippen molar-refractivity contribution in [2.45, 2.75) is 64.3 Å². The van der Waals surface area contributed by atoms with Gasteiger partial charge in [-0.1, -0.05) is 32.6 Å². The molecule has 0 bridgehead atoms. The Kier molecular flexibility index (Phi) is 4.66. The molecular weight excluding hydrogens is 198 g/mol. The van der Waals surface area contributed by atoms with Crippen LogP contribution in [-0.4, -0.2) is 25.8 Å². The molecule has 0 amide bonds. The number of hydrogen-bond acceptors (Lipinski definition) is 2. The van der Waals surface area contributed by atoms with Crippen molar-refractivity contribution in [1.82, 2.24) is 5.32 Å². The van der Waals surface area contributed by atoms with Crippen molar-refractivity contribution in [2.24, 2.45) is 5.41 Å². The van der Waals surface area contributed by atoms with Crippen molar-refractivity contribution < 1.29 is 4.74 Å². The van der Waals surface area contributed by atoms with Gasteiger partial charge in [-0.15, -0.1) is 0 Å². The van der Waals surface area contributed by atoms with Gasteiger partial charge in [0, 0.05) is 25.8 Å². The smallest absolute Gasteiger partial charge is 0.0480 e. The zero-order valence-electron chi connectivity index (χ0n) is 10.8. The highest BCUT2D eigenvalue weighted by atomic mass is 16.5. The second-order valence-corrected chi connectivity index (χ2v) is 5.99. The van der Waals surface area contributed by atoms with Gasteiger partial charge in [-0.25, -0.2) is 0 Å². The van der Waals surface area contributed by atoms with Gasteiger partial charge in [-0.2, -0.15) is 0 Å². The van der Waals surface area contributed by atoms with Crippen LogP contribution >= 0.6 is 0 Å². The van der Waals surface area contributed by atoms with Gasteiger partial charge in [0.15, 0.2) is 0 Å². The molecule has 2 heteroatoms. The summed E-state index contributed by atoms with van der Waals surface area (Å²) in [7, 11) is 0. The van der Waals surface area contributed by atoms with E-state index in [-0.39, 0.29) is 0 Å². The second-order valence-electron chi connectivity index (χ2n) is 5.99. The Bertz CT molecular complexity index is 191. The highest BCUT2D eigenvalue weighted by Crippen LogP contribution is 2.34. The van der Waals surface area contributed by atoms with E-state index >= 15 is 0 Å². The molecule has 2 fully saturated rings. The lowest BCUT2D eigenvalue weighted by Gasteiger charge is -2.32. The average Bonchev–Trinajstić information content (AvgIpc) is 2.54. The quantitative estimate of drug-likeness (QED) is 0.745. The van der Waals surface area contributed by atoms with Crippen LogP contribution < -0.4 is 5.32 Å². The molecule has 0 aromatic carbocycles. The summed E-state index contributed by atoms with van der Waals surface area (Å²) in [5.41, 5.74) is 0.564. The van der Waals surface area contributed by atoms with E-state index in [1.807, 2.05) is 0 Å². The van der Waals surface area contributed by atoms with Crippen molar-refractivity contribution >= 4 is 0 Å². The minimum absolute atomic E-state index is 0.564. The van der Waals surface area contributed by atoms with Crippen LogP contribution in [0, 0.1) is 5.41 Å². The largest absolute Gasteiger partial charge is 0.381 e. The molecule has 1 aliphatic carbocycles. The van der Waals surface area contributed by atoms with E-state index in [2.05, 4.69) is 12.2 Å². The fraction of sp³-hybridized carbons (Fsp3) is 1.00. The molecule has 1 saturated heterocycles. The van der Waals surface area contributed by atoms with Crippen LogP contribution in [0.25, 0.3) is 0 Å². The molecular formula is C14H27NO. The first-order chi connectivity index (χ1) is 7.79. The monoisotopic (exact) mass is 225 g/mol. The Morgan fingerprint density at radius 1 is 1.06 bits per heavy atom. The highest BCUT2D eigenvalue weighted by molar-refractivity contribution is 4.82. The van der Waals surface area contributed by atoms with Gasteiger partial charge in [0.1, 0.15) is 0 Å². The zero-order chi connectivity index (χ0) is 11.3. The SMILES string of the molecule is CC1(CNC2CCOCC2)CCCCCC1. The molecule has 0 spiro atoms. The minimum atomic E-state index is 0.564. The van der Waals surface area contributed by atoms with E-state index < -0.39 is 0 Å². The molecule has 1 heterocycles. The van der Waals surface area contributed by atoms with Crippen molar-refractivity contribution in [3.05, 3.63) is 0 Å². The number of rotatable bonds is 3. The Morgan fingerprint density at radius 2 is 1.69 bits per heavy atom. The van der Waals surface area contributed by atoms with Gasteiger partial charge in [0.05, 0.1) is 0 Å². The summed E-state index contributed by atoms with van der Waals surface area (Å²) in [6.45, 7) is 5.60. The lowest BCUT2D eigenvalue weighted by Crippen LogP contribution is -2.41. The summed E-state index contributed by atoms with van der Waals surface area (Å²) in [5.74, 6) is 0. The topological polar surface area (TPSA) is 21.3 Å². The number of ether oxygens (including phenoxy) is 1. The summed E-state index contributed by atoms with van der Waals surface area (Å²) in [4.78, 5) is 0. The molecule has 0 radical (unpaired) electrons. The Balaban J connectivity index is 1.73. The fourth-order valence-corrected chi connectivity index (χ4v) is 3.05. The van der Waals surface area contributed by atoms with Gasteiger partial charge in [-0.3, -0.25) is 0 Å². The molecule has 2 rings (SSSR count). The van der Waals surface area contributed by atoms with E-state index in [1.54, 1.807) is 0 Å². The van der Waals surface area contributed by atoms with Gasteiger partial charge < -0.3 is 10.1 Å². The van der Waals surface area contributed by atoms with E-state index in [0.29, 0.717) is 11.5 Å². The van der Waals surface area contributed by atoms with Crippen LogP contribution in [0.15, 0.2) is 0 Å². The maximum atomic E-state index is 5.40. The first-order valence-electron chi connectivity index (χ1n) is 7.10. The van der Waals surface area contributed by atoms with Crippen LogP contribution in [0.5, 0.6) is 0 Å². The number of nitrogens with one attached hydrogen (secondary N) is 1. The van der Waals surface area contributed by atoms with Crippen molar-refractivity contribution in [1.29, 1.82) is 0 Å².